The molecule has 2 unspecified atom stereocenters. The minimum absolute atomic E-state index is 0.0290. The van der Waals surface area contributed by atoms with Crippen molar-refractivity contribution in [1.82, 2.24) is 4.90 Å². The Kier molecular flexibility index (Phi) is 5.93. The Labute approximate surface area is 172 Å². The summed E-state index contributed by atoms with van der Waals surface area (Å²) in [4.78, 5) is 14.9. The molecule has 29 heavy (non-hydrogen) atoms. The number of carbonyl (C=O) groups is 1. The number of hydrogen-bond donors (Lipinski definition) is 0. The fraction of sp³-hybridized carbons (Fsp3) is 0.458. The Morgan fingerprint density at radius 2 is 1.97 bits per heavy atom. The van der Waals surface area contributed by atoms with Crippen LogP contribution < -0.4 is 14.2 Å². The molecule has 2 aromatic rings. The predicted octanol–water partition coefficient (Wildman–Crippen LogP) is 4.71. The first-order chi connectivity index (χ1) is 14.2. The lowest BCUT2D eigenvalue weighted by Crippen LogP contribution is -2.34. The summed E-state index contributed by atoms with van der Waals surface area (Å²) in [6.07, 6.45) is 2.98. The molecule has 5 heteroatoms. The maximum Gasteiger partial charge on any atom is 0.261 e. The molecular weight excluding hydrogens is 366 g/mol. The number of benzene rings is 2. The van der Waals surface area contributed by atoms with E-state index in [1.807, 2.05) is 41.3 Å². The number of amides is 1. The van der Waals surface area contributed by atoms with Gasteiger partial charge >= 0.3 is 0 Å². The molecule has 1 amide bonds. The average molecular weight is 395 g/mol. The van der Waals surface area contributed by atoms with Crippen LogP contribution in [0.2, 0.25) is 0 Å². The van der Waals surface area contributed by atoms with Gasteiger partial charge in [-0.3, -0.25) is 4.79 Å². The van der Waals surface area contributed by atoms with E-state index in [1.165, 1.54) is 0 Å². The second-order valence-corrected chi connectivity index (χ2v) is 7.78. The SMILES string of the molecule is CCC(C)c1ccccc1OCC(=O)N1CCCC1c1ccc2c(c1)OCCO2. The zero-order chi connectivity index (χ0) is 20.2. The minimum Gasteiger partial charge on any atom is -0.486 e. The Balaban J connectivity index is 1.45. The summed E-state index contributed by atoms with van der Waals surface area (Å²) in [5, 5.41) is 0. The number of fused-ring (bicyclic) bond motifs is 1. The van der Waals surface area contributed by atoms with Crippen LogP contribution in [0.4, 0.5) is 0 Å². The van der Waals surface area contributed by atoms with Crippen molar-refractivity contribution in [1.29, 1.82) is 0 Å². The molecule has 2 heterocycles. The Bertz CT molecular complexity index is 866. The quantitative estimate of drug-likeness (QED) is 0.710. The highest BCUT2D eigenvalue weighted by Gasteiger charge is 2.31. The van der Waals surface area contributed by atoms with Gasteiger partial charge in [0.25, 0.3) is 5.91 Å². The van der Waals surface area contributed by atoms with E-state index in [0.717, 1.165) is 54.2 Å². The highest BCUT2D eigenvalue weighted by Crippen LogP contribution is 2.38. The third-order valence-electron chi connectivity index (χ3n) is 5.94. The van der Waals surface area contributed by atoms with E-state index in [1.54, 1.807) is 0 Å². The highest BCUT2D eigenvalue weighted by molar-refractivity contribution is 5.78. The molecule has 0 saturated carbocycles. The topological polar surface area (TPSA) is 48.0 Å². The van der Waals surface area contributed by atoms with Crippen molar-refractivity contribution in [2.75, 3.05) is 26.4 Å². The Hall–Kier alpha value is -2.69. The second kappa shape index (κ2) is 8.76. The molecule has 2 atom stereocenters. The van der Waals surface area contributed by atoms with Crippen LogP contribution in [-0.2, 0) is 4.79 Å². The largest absolute Gasteiger partial charge is 0.486 e. The zero-order valence-electron chi connectivity index (χ0n) is 17.2. The van der Waals surface area contributed by atoms with Gasteiger partial charge in [-0.05, 0) is 54.5 Å². The third kappa shape index (κ3) is 4.19. The van der Waals surface area contributed by atoms with E-state index < -0.39 is 0 Å². The number of hydrogen-bond acceptors (Lipinski definition) is 4. The van der Waals surface area contributed by atoms with Gasteiger partial charge in [0.2, 0.25) is 0 Å². The average Bonchev–Trinajstić information content (AvgIpc) is 3.27. The molecule has 1 saturated heterocycles. The summed E-state index contributed by atoms with van der Waals surface area (Å²) in [5.74, 6) is 2.79. The second-order valence-electron chi connectivity index (χ2n) is 7.78. The molecule has 0 aliphatic carbocycles. The van der Waals surface area contributed by atoms with Crippen molar-refractivity contribution in [3.63, 3.8) is 0 Å². The molecule has 1 fully saturated rings. The van der Waals surface area contributed by atoms with Crippen LogP contribution in [0.5, 0.6) is 17.2 Å². The summed E-state index contributed by atoms with van der Waals surface area (Å²) in [5.41, 5.74) is 2.26. The van der Waals surface area contributed by atoms with Crippen molar-refractivity contribution in [2.24, 2.45) is 0 Å². The zero-order valence-corrected chi connectivity index (χ0v) is 17.2. The molecule has 0 bridgehead atoms. The van der Waals surface area contributed by atoms with E-state index in [0.29, 0.717) is 19.1 Å². The van der Waals surface area contributed by atoms with Crippen LogP contribution in [0.3, 0.4) is 0 Å². The van der Waals surface area contributed by atoms with Crippen LogP contribution in [0.1, 0.15) is 56.2 Å². The summed E-state index contributed by atoms with van der Waals surface area (Å²) in [7, 11) is 0. The number of rotatable bonds is 6. The number of ether oxygens (including phenoxy) is 3. The smallest absolute Gasteiger partial charge is 0.261 e. The fourth-order valence-electron chi connectivity index (χ4n) is 4.14. The van der Waals surface area contributed by atoms with Crippen molar-refractivity contribution >= 4 is 5.91 Å². The number of likely N-dealkylation sites (tertiary alicyclic amines) is 1. The van der Waals surface area contributed by atoms with Crippen molar-refractivity contribution < 1.29 is 19.0 Å². The first kappa shape index (κ1) is 19.6. The van der Waals surface area contributed by atoms with Gasteiger partial charge in [0.15, 0.2) is 18.1 Å². The van der Waals surface area contributed by atoms with Gasteiger partial charge in [0.1, 0.15) is 19.0 Å². The number of para-hydroxylation sites is 1. The highest BCUT2D eigenvalue weighted by atomic mass is 16.6. The van der Waals surface area contributed by atoms with Crippen LogP contribution in [0.15, 0.2) is 42.5 Å². The van der Waals surface area contributed by atoms with Crippen LogP contribution >= 0.6 is 0 Å². The van der Waals surface area contributed by atoms with E-state index in [2.05, 4.69) is 19.9 Å². The molecule has 0 spiro atoms. The first-order valence-corrected chi connectivity index (χ1v) is 10.6. The van der Waals surface area contributed by atoms with Crippen LogP contribution in [-0.4, -0.2) is 37.2 Å². The molecule has 5 nitrogen and oxygen atoms in total. The van der Waals surface area contributed by atoms with E-state index >= 15 is 0 Å². The standard InChI is InChI=1S/C24H29NO4/c1-3-17(2)19-7-4-5-9-21(19)29-16-24(26)25-12-6-8-20(25)18-10-11-22-23(15-18)28-14-13-27-22/h4-5,7,9-11,15,17,20H,3,6,8,12-14,16H2,1-2H3. The fourth-order valence-corrected chi connectivity index (χ4v) is 4.14. The van der Waals surface area contributed by atoms with Gasteiger partial charge < -0.3 is 19.1 Å². The van der Waals surface area contributed by atoms with E-state index in [-0.39, 0.29) is 18.6 Å². The lowest BCUT2D eigenvalue weighted by atomic mass is 9.98. The van der Waals surface area contributed by atoms with Gasteiger partial charge in [-0.1, -0.05) is 38.1 Å². The molecule has 4 rings (SSSR count). The summed E-state index contributed by atoms with van der Waals surface area (Å²) in [6.45, 7) is 6.31. The van der Waals surface area contributed by atoms with Gasteiger partial charge in [-0.15, -0.1) is 0 Å². The van der Waals surface area contributed by atoms with Crippen LogP contribution in [0.25, 0.3) is 0 Å². The van der Waals surface area contributed by atoms with Crippen molar-refractivity contribution in [3.05, 3.63) is 53.6 Å². The van der Waals surface area contributed by atoms with E-state index in [4.69, 9.17) is 14.2 Å². The molecule has 0 N–H and O–H groups in total. The minimum atomic E-state index is 0.0290. The molecule has 0 radical (unpaired) electrons. The van der Waals surface area contributed by atoms with Crippen molar-refractivity contribution in [3.8, 4) is 17.2 Å². The van der Waals surface area contributed by atoms with Gasteiger partial charge in [0.05, 0.1) is 6.04 Å². The summed E-state index contributed by atoms with van der Waals surface area (Å²) in [6, 6.07) is 14.1. The van der Waals surface area contributed by atoms with Gasteiger partial charge in [-0.25, -0.2) is 0 Å². The first-order valence-electron chi connectivity index (χ1n) is 10.6. The molecule has 2 aliphatic rings. The molecule has 0 aromatic heterocycles. The van der Waals surface area contributed by atoms with Gasteiger partial charge in [-0.2, -0.15) is 0 Å². The molecule has 2 aliphatic heterocycles. The molecule has 2 aromatic carbocycles. The Morgan fingerprint density at radius 1 is 1.17 bits per heavy atom. The third-order valence-corrected chi connectivity index (χ3v) is 5.94. The lowest BCUT2D eigenvalue weighted by Gasteiger charge is -2.27. The normalized spacial score (nSPS) is 19.1. The number of carbonyl (C=O) groups excluding carboxylic acids is 1. The molecular formula is C24H29NO4. The molecule has 154 valence electrons. The summed E-state index contributed by atoms with van der Waals surface area (Å²) < 4.78 is 17.3. The summed E-state index contributed by atoms with van der Waals surface area (Å²) >= 11 is 0. The maximum absolute atomic E-state index is 13.0. The van der Waals surface area contributed by atoms with Gasteiger partial charge in [0, 0.05) is 6.54 Å². The van der Waals surface area contributed by atoms with E-state index in [9.17, 15) is 4.79 Å². The van der Waals surface area contributed by atoms with Crippen molar-refractivity contribution in [2.45, 2.75) is 45.1 Å². The van der Waals surface area contributed by atoms with Crippen LogP contribution in [0, 0.1) is 0 Å². The number of nitrogens with zero attached hydrogens (tertiary/aromatic N) is 1. The monoisotopic (exact) mass is 395 g/mol. The lowest BCUT2D eigenvalue weighted by molar-refractivity contribution is -0.134. The Morgan fingerprint density at radius 3 is 2.79 bits per heavy atom. The predicted molar refractivity (Wildman–Crippen MR) is 112 cm³/mol. The maximum atomic E-state index is 13.0.